The van der Waals surface area contributed by atoms with Crippen LogP contribution in [0.15, 0.2) is 30.3 Å². The molecule has 0 heterocycles. The Morgan fingerprint density at radius 2 is 1.52 bits per heavy atom. The molecule has 0 aliphatic carbocycles. The van der Waals surface area contributed by atoms with Crippen LogP contribution in [-0.4, -0.2) is 41.7 Å². The van der Waals surface area contributed by atoms with Crippen LogP contribution in [0.2, 0.25) is 0 Å². The van der Waals surface area contributed by atoms with Crippen molar-refractivity contribution in [3.05, 3.63) is 36.4 Å². The minimum Gasteiger partial charge on any atom is -0.492 e. The Kier molecular flexibility index (Phi) is 6.11. The Morgan fingerprint density at radius 1 is 0.826 bits per heavy atom. The molecule has 0 unspecified atom stereocenters. The number of benzene rings is 2. The summed E-state index contributed by atoms with van der Waals surface area (Å²) in [5, 5.41) is 0. The standard InChI is InChI=1S/C18H21O5/c1-19-11-12-23-14-7-5-13(6-8-14)15-9-10-16(20-2)18(22-4)17(15)21-3/h5-9H,11-12H2,1-4H3. The van der Waals surface area contributed by atoms with E-state index in [-0.39, 0.29) is 0 Å². The molecule has 0 aliphatic rings. The summed E-state index contributed by atoms with van der Waals surface area (Å²) in [6.07, 6.45) is 0. The maximum Gasteiger partial charge on any atom is 0.204 e. The molecule has 5 nitrogen and oxygen atoms in total. The molecule has 0 fully saturated rings. The van der Waals surface area contributed by atoms with Crippen LogP contribution in [0, 0.1) is 6.07 Å². The molecule has 0 N–H and O–H groups in total. The normalized spacial score (nSPS) is 10.3. The zero-order valence-corrected chi connectivity index (χ0v) is 13.8. The number of rotatable bonds is 8. The summed E-state index contributed by atoms with van der Waals surface area (Å²) in [7, 11) is 6.39. The molecule has 2 aromatic carbocycles. The van der Waals surface area contributed by atoms with Crippen molar-refractivity contribution in [1.29, 1.82) is 0 Å². The van der Waals surface area contributed by atoms with Crippen molar-refractivity contribution in [3.63, 3.8) is 0 Å². The SMILES string of the molecule is COCCOc1ccc(-c2c[c]c(OC)c(OC)c2OC)cc1. The Hall–Kier alpha value is -2.40. The molecule has 0 aromatic heterocycles. The molecule has 123 valence electrons. The maximum atomic E-state index is 5.57. The lowest BCUT2D eigenvalue weighted by atomic mass is 10.0. The second-order valence-corrected chi connectivity index (χ2v) is 4.67. The van der Waals surface area contributed by atoms with Crippen LogP contribution in [0.25, 0.3) is 11.1 Å². The van der Waals surface area contributed by atoms with E-state index in [4.69, 9.17) is 23.7 Å². The second-order valence-electron chi connectivity index (χ2n) is 4.67. The number of methoxy groups -OCH3 is 4. The van der Waals surface area contributed by atoms with Gasteiger partial charge in [-0.1, -0.05) is 12.1 Å². The smallest absolute Gasteiger partial charge is 0.204 e. The van der Waals surface area contributed by atoms with Gasteiger partial charge in [-0.05, 0) is 23.8 Å². The van der Waals surface area contributed by atoms with Crippen molar-refractivity contribution >= 4 is 0 Å². The average Bonchev–Trinajstić information content (AvgIpc) is 2.61. The molecule has 0 amide bonds. The lowest BCUT2D eigenvalue weighted by molar-refractivity contribution is 0.146. The highest BCUT2D eigenvalue weighted by Crippen LogP contribution is 2.44. The first-order valence-electron chi connectivity index (χ1n) is 7.18. The highest BCUT2D eigenvalue weighted by Gasteiger charge is 2.17. The van der Waals surface area contributed by atoms with Gasteiger partial charge in [0.25, 0.3) is 0 Å². The van der Waals surface area contributed by atoms with Gasteiger partial charge in [0, 0.05) is 18.7 Å². The van der Waals surface area contributed by atoms with Crippen LogP contribution in [0.5, 0.6) is 23.0 Å². The zero-order valence-electron chi connectivity index (χ0n) is 13.8. The van der Waals surface area contributed by atoms with Gasteiger partial charge in [-0.15, -0.1) is 0 Å². The maximum absolute atomic E-state index is 5.57. The third kappa shape index (κ3) is 3.87. The first-order chi connectivity index (χ1) is 11.2. The fourth-order valence-electron chi connectivity index (χ4n) is 2.22. The molecule has 23 heavy (non-hydrogen) atoms. The number of hydrogen-bond donors (Lipinski definition) is 0. The Labute approximate surface area is 136 Å². The molecule has 0 atom stereocenters. The van der Waals surface area contributed by atoms with E-state index in [1.165, 1.54) is 0 Å². The van der Waals surface area contributed by atoms with Crippen molar-refractivity contribution in [1.82, 2.24) is 0 Å². The third-order valence-electron chi connectivity index (χ3n) is 3.34. The lowest BCUT2D eigenvalue weighted by Crippen LogP contribution is -2.04. The van der Waals surface area contributed by atoms with E-state index in [2.05, 4.69) is 6.07 Å². The minimum atomic E-state index is 0.507. The molecular formula is C18H21O5. The van der Waals surface area contributed by atoms with Crippen LogP contribution >= 0.6 is 0 Å². The van der Waals surface area contributed by atoms with Gasteiger partial charge in [-0.2, -0.15) is 0 Å². The van der Waals surface area contributed by atoms with Crippen LogP contribution in [0.1, 0.15) is 0 Å². The quantitative estimate of drug-likeness (QED) is 0.700. The third-order valence-corrected chi connectivity index (χ3v) is 3.34. The number of hydrogen-bond acceptors (Lipinski definition) is 5. The molecule has 0 saturated carbocycles. The van der Waals surface area contributed by atoms with Gasteiger partial charge < -0.3 is 23.7 Å². The fraction of sp³-hybridized carbons (Fsp3) is 0.333. The monoisotopic (exact) mass is 317 g/mol. The molecular weight excluding hydrogens is 296 g/mol. The van der Waals surface area contributed by atoms with E-state index in [9.17, 15) is 0 Å². The van der Waals surface area contributed by atoms with E-state index in [0.29, 0.717) is 30.5 Å². The van der Waals surface area contributed by atoms with Gasteiger partial charge in [0.2, 0.25) is 5.75 Å². The second kappa shape index (κ2) is 8.29. The summed E-state index contributed by atoms with van der Waals surface area (Å²) in [4.78, 5) is 0. The van der Waals surface area contributed by atoms with Crippen LogP contribution in [0.4, 0.5) is 0 Å². The molecule has 2 aromatic rings. The Balaban J connectivity index is 2.30. The summed E-state index contributed by atoms with van der Waals surface area (Å²) < 4.78 is 26.7. The van der Waals surface area contributed by atoms with Crippen LogP contribution < -0.4 is 18.9 Å². The van der Waals surface area contributed by atoms with Crippen molar-refractivity contribution in [2.75, 3.05) is 41.7 Å². The van der Waals surface area contributed by atoms with Gasteiger partial charge in [0.05, 0.1) is 27.9 Å². The topological polar surface area (TPSA) is 46.2 Å². The lowest BCUT2D eigenvalue weighted by Gasteiger charge is -2.15. The van der Waals surface area contributed by atoms with Crippen molar-refractivity contribution in [2.45, 2.75) is 0 Å². The molecule has 0 aliphatic heterocycles. The summed E-state index contributed by atoms with van der Waals surface area (Å²) in [5.41, 5.74) is 1.84. The molecule has 0 saturated heterocycles. The van der Waals surface area contributed by atoms with Gasteiger partial charge in [0.1, 0.15) is 12.4 Å². The van der Waals surface area contributed by atoms with Crippen LogP contribution in [-0.2, 0) is 4.74 Å². The van der Waals surface area contributed by atoms with E-state index in [0.717, 1.165) is 16.9 Å². The van der Waals surface area contributed by atoms with Crippen molar-refractivity contribution in [3.8, 4) is 34.1 Å². The molecule has 0 spiro atoms. The van der Waals surface area contributed by atoms with E-state index in [1.807, 2.05) is 30.3 Å². The largest absolute Gasteiger partial charge is 0.492 e. The first kappa shape index (κ1) is 17.0. The van der Waals surface area contributed by atoms with Gasteiger partial charge in [-0.25, -0.2) is 0 Å². The molecule has 5 heteroatoms. The predicted octanol–water partition coefficient (Wildman–Crippen LogP) is 3.20. The fourth-order valence-corrected chi connectivity index (χ4v) is 2.22. The van der Waals surface area contributed by atoms with Gasteiger partial charge in [-0.3, -0.25) is 0 Å². The summed E-state index contributed by atoms with van der Waals surface area (Å²) >= 11 is 0. The number of ether oxygens (including phenoxy) is 5. The summed E-state index contributed by atoms with van der Waals surface area (Å²) in [6, 6.07) is 12.6. The molecule has 2 rings (SSSR count). The van der Waals surface area contributed by atoms with Crippen molar-refractivity contribution in [2.24, 2.45) is 0 Å². The Bertz CT molecular complexity index is 622. The van der Waals surface area contributed by atoms with Gasteiger partial charge in [0.15, 0.2) is 11.5 Å². The van der Waals surface area contributed by atoms with E-state index < -0.39 is 0 Å². The molecule has 1 radical (unpaired) electrons. The highest BCUT2D eigenvalue weighted by molar-refractivity contribution is 5.76. The van der Waals surface area contributed by atoms with Gasteiger partial charge >= 0.3 is 0 Å². The van der Waals surface area contributed by atoms with E-state index >= 15 is 0 Å². The predicted molar refractivity (Wildman–Crippen MR) is 87.7 cm³/mol. The molecule has 0 bridgehead atoms. The minimum absolute atomic E-state index is 0.507. The summed E-state index contributed by atoms with van der Waals surface area (Å²) in [5.74, 6) is 2.42. The first-order valence-corrected chi connectivity index (χ1v) is 7.18. The zero-order chi connectivity index (χ0) is 16.7. The Morgan fingerprint density at radius 3 is 2.09 bits per heavy atom. The van der Waals surface area contributed by atoms with Crippen molar-refractivity contribution < 1.29 is 23.7 Å². The van der Waals surface area contributed by atoms with E-state index in [1.54, 1.807) is 28.4 Å². The average molecular weight is 317 g/mol. The highest BCUT2D eigenvalue weighted by atomic mass is 16.5. The summed E-state index contributed by atoms with van der Waals surface area (Å²) in [6.45, 7) is 1.07. The van der Waals surface area contributed by atoms with Crippen LogP contribution in [0.3, 0.4) is 0 Å².